The number of amides is 1. The molecule has 2 aromatic carbocycles. The van der Waals surface area contributed by atoms with Crippen LogP contribution in [0.2, 0.25) is 0 Å². The third-order valence-electron chi connectivity index (χ3n) is 4.41. The van der Waals surface area contributed by atoms with E-state index in [9.17, 15) is 9.59 Å². The number of methoxy groups -OCH3 is 1. The number of hydrogen-bond donors (Lipinski definition) is 1. The van der Waals surface area contributed by atoms with Gasteiger partial charge in [-0.1, -0.05) is 48.0 Å². The van der Waals surface area contributed by atoms with Gasteiger partial charge in [0.15, 0.2) is 6.10 Å². The number of hydrogen-bond acceptors (Lipinski definition) is 5. The Bertz CT molecular complexity index is 974. The molecule has 0 radical (unpaired) electrons. The maximum absolute atomic E-state index is 12.6. The van der Waals surface area contributed by atoms with Crippen molar-refractivity contribution in [2.24, 2.45) is 0 Å². The number of furan rings is 1. The van der Waals surface area contributed by atoms with E-state index in [0.717, 1.165) is 16.5 Å². The molecule has 0 fully saturated rings. The minimum Gasteiger partial charge on any atom is -0.449 e. The van der Waals surface area contributed by atoms with Crippen LogP contribution in [0.1, 0.15) is 34.2 Å². The van der Waals surface area contributed by atoms with E-state index in [2.05, 4.69) is 5.32 Å². The van der Waals surface area contributed by atoms with Crippen molar-refractivity contribution in [3.05, 3.63) is 71.0 Å². The molecule has 0 spiro atoms. The lowest BCUT2D eigenvalue weighted by Gasteiger charge is -2.13. The highest BCUT2D eigenvalue weighted by Crippen LogP contribution is 2.27. The van der Waals surface area contributed by atoms with Crippen LogP contribution in [0.5, 0.6) is 0 Å². The third kappa shape index (κ3) is 4.40. The van der Waals surface area contributed by atoms with Crippen LogP contribution in [0.3, 0.4) is 0 Å². The van der Waals surface area contributed by atoms with Crippen molar-refractivity contribution in [3.63, 3.8) is 0 Å². The van der Waals surface area contributed by atoms with Crippen molar-refractivity contribution < 1.29 is 23.5 Å². The van der Waals surface area contributed by atoms with Crippen LogP contribution in [0.15, 0.2) is 52.9 Å². The van der Waals surface area contributed by atoms with Crippen LogP contribution in [-0.4, -0.2) is 25.1 Å². The second kappa shape index (κ2) is 8.71. The van der Waals surface area contributed by atoms with Gasteiger partial charge < -0.3 is 19.2 Å². The summed E-state index contributed by atoms with van der Waals surface area (Å²) in [5.41, 5.74) is 3.29. The third-order valence-corrected chi connectivity index (χ3v) is 4.41. The predicted molar refractivity (Wildman–Crippen MR) is 105 cm³/mol. The molecule has 0 aliphatic rings. The summed E-state index contributed by atoms with van der Waals surface area (Å²) in [5, 5.41) is 3.55. The van der Waals surface area contributed by atoms with Crippen LogP contribution in [0.25, 0.3) is 11.0 Å². The molecular weight excluding hydrogens is 358 g/mol. The summed E-state index contributed by atoms with van der Waals surface area (Å²) in [4.78, 5) is 24.9. The largest absolute Gasteiger partial charge is 0.449 e. The topological polar surface area (TPSA) is 77.8 Å². The van der Waals surface area contributed by atoms with E-state index < -0.39 is 12.1 Å². The molecular formula is C22H23NO5. The molecule has 0 aliphatic heterocycles. The van der Waals surface area contributed by atoms with Crippen molar-refractivity contribution in [3.8, 4) is 0 Å². The molecule has 1 aromatic heterocycles. The maximum atomic E-state index is 12.6. The van der Waals surface area contributed by atoms with Crippen LogP contribution in [0.4, 0.5) is 0 Å². The van der Waals surface area contributed by atoms with Gasteiger partial charge >= 0.3 is 5.97 Å². The van der Waals surface area contributed by atoms with Gasteiger partial charge in [0.05, 0.1) is 6.61 Å². The highest BCUT2D eigenvalue weighted by atomic mass is 16.6. The quantitative estimate of drug-likeness (QED) is 0.631. The Balaban J connectivity index is 1.66. The monoisotopic (exact) mass is 381 g/mol. The van der Waals surface area contributed by atoms with E-state index in [4.69, 9.17) is 13.9 Å². The molecule has 0 bridgehead atoms. The number of ether oxygens (including phenoxy) is 2. The maximum Gasteiger partial charge on any atom is 0.375 e. The fourth-order valence-corrected chi connectivity index (χ4v) is 2.86. The number of nitrogens with one attached hydrogen (secondary N) is 1. The SMILES string of the molecule is COCc1c(C(=O)O[C@H](C)C(=O)NCc2ccc(C)cc2)oc2ccccc12. The summed E-state index contributed by atoms with van der Waals surface area (Å²) in [6, 6.07) is 15.1. The molecule has 6 nitrogen and oxygen atoms in total. The average Bonchev–Trinajstić information content (AvgIpc) is 3.06. The van der Waals surface area contributed by atoms with E-state index in [1.165, 1.54) is 14.0 Å². The number of carbonyl (C=O) groups excluding carboxylic acids is 2. The molecule has 3 rings (SSSR count). The Morgan fingerprint density at radius 2 is 1.82 bits per heavy atom. The minimum atomic E-state index is -0.957. The van der Waals surface area contributed by atoms with Crippen LogP contribution < -0.4 is 5.32 Å². The molecule has 1 amide bonds. The summed E-state index contributed by atoms with van der Waals surface area (Å²) in [6.45, 7) is 4.09. The fraction of sp³-hybridized carbons (Fsp3) is 0.273. The molecule has 146 valence electrons. The first-order chi connectivity index (χ1) is 13.5. The molecule has 3 aromatic rings. The Morgan fingerprint density at radius 1 is 1.11 bits per heavy atom. The molecule has 0 aliphatic carbocycles. The van der Waals surface area contributed by atoms with Crippen molar-refractivity contribution in [2.45, 2.75) is 33.1 Å². The Labute approximate surface area is 163 Å². The minimum absolute atomic E-state index is 0.0567. The first-order valence-electron chi connectivity index (χ1n) is 9.03. The van der Waals surface area contributed by atoms with Crippen molar-refractivity contribution in [1.82, 2.24) is 5.32 Å². The Hall–Kier alpha value is -3.12. The van der Waals surface area contributed by atoms with Crippen molar-refractivity contribution in [2.75, 3.05) is 7.11 Å². The van der Waals surface area contributed by atoms with E-state index in [-0.39, 0.29) is 18.3 Å². The Kier molecular flexibility index (Phi) is 6.11. The number of carbonyl (C=O) groups is 2. The number of para-hydroxylation sites is 1. The van der Waals surface area contributed by atoms with E-state index in [0.29, 0.717) is 17.7 Å². The van der Waals surface area contributed by atoms with Gasteiger partial charge in [0.2, 0.25) is 5.76 Å². The molecule has 28 heavy (non-hydrogen) atoms. The lowest BCUT2D eigenvalue weighted by atomic mass is 10.1. The summed E-state index contributed by atoms with van der Waals surface area (Å²) >= 11 is 0. The number of esters is 1. The first kappa shape index (κ1) is 19.6. The second-order valence-corrected chi connectivity index (χ2v) is 6.59. The second-order valence-electron chi connectivity index (χ2n) is 6.59. The fourth-order valence-electron chi connectivity index (χ4n) is 2.86. The number of benzene rings is 2. The van der Waals surface area contributed by atoms with E-state index in [1.807, 2.05) is 49.4 Å². The molecule has 1 atom stereocenters. The lowest BCUT2D eigenvalue weighted by Crippen LogP contribution is -2.35. The number of fused-ring (bicyclic) bond motifs is 1. The lowest BCUT2D eigenvalue weighted by molar-refractivity contribution is -0.129. The summed E-state index contributed by atoms with van der Waals surface area (Å²) in [5.74, 6) is -1.01. The number of rotatable bonds is 7. The molecule has 0 saturated heterocycles. The van der Waals surface area contributed by atoms with Gasteiger partial charge in [0.25, 0.3) is 5.91 Å². The Morgan fingerprint density at radius 3 is 2.54 bits per heavy atom. The summed E-state index contributed by atoms with van der Waals surface area (Å²) in [6.07, 6.45) is -0.957. The highest BCUT2D eigenvalue weighted by Gasteiger charge is 2.25. The normalized spacial score (nSPS) is 12.0. The standard InChI is InChI=1S/C22H23NO5/c1-14-8-10-16(11-9-14)12-23-21(24)15(2)27-22(25)20-18(13-26-3)17-6-4-5-7-19(17)28-20/h4-11,15H,12-13H2,1-3H3,(H,23,24)/t15-/m1/s1. The van der Waals surface area contributed by atoms with Gasteiger partial charge in [-0.3, -0.25) is 4.79 Å². The average molecular weight is 381 g/mol. The predicted octanol–water partition coefficient (Wildman–Crippen LogP) is 3.75. The zero-order valence-electron chi connectivity index (χ0n) is 16.2. The highest BCUT2D eigenvalue weighted by molar-refractivity contribution is 5.97. The van der Waals surface area contributed by atoms with Gasteiger partial charge in [-0.05, 0) is 25.5 Å². The number of aryl methyl sites for hydroxylation is 1. The zero-order chi connectivity index (χ0) is 20.1. The molecule has 1 heterocycles. The smallest absolute Gasteiger partial charge is 0.375 e. The van der Waals surface area contributed by atoms with Crippen molar-refractivity contribution >= 4 is 22.8 Å². The first-order valence-corrected chi connectivity index (χ1v) is 9.03. The van der Waals surface area contributed by atoms with Gasteiger partial charge in [-0.25, -0.2) is 4.79 Å². The molecule has 1 N–H and O–H groups in total. The summed E-state index contributed by atoms with van der Waals surface area (Å²) < 4.78 is 16.2. The van der Waals surface area contributed by atoms with Gasteiger partial charge in [0, 0.05) is 24.6 Å². The van der Waals surface area contributed by atoms with Gasteiger partial charge in [-0.2, -0.15) is 0 Å². The molecule has 6 heteroatoms. The van der Waals surface area contributed by atoms with Crippen molar-refractivity contribution in [1.29, 1.82) is 0 Å². The van der Waals surface area contributed by atoms with Crippen LogP contribution in [-0.2, 0) is 27.4 Å². The zero-order valence-corrected chi connectivity index (χ0v) is 16.2. The van der Waals surface area contributed by atoms with Crippen LogP contribution >= 0.6 is 0 Å². The van der Waals surface area contributed by atoms with Gasteiger partial charge in [0.1, 0.15) is 5.58 Å². The van der Waals surface area contributed by atoms with Crippen LogP contribution in [0, 0.1) is 6.92 Å². The van der Waals surface area contributed by atoms with E-state index >= 15 is 0 Å². The molecule has 0 unspecified atom stereocenters. The summed E-state index contributed by atoms with van der Waals surface area (Å²) in [7, 11) is 1.54. The van der Waals surface area contributed by atoms with E-state index in [1.54, 1.807) is 6.07 Å². The molecule has 0 saturated carbocycles. The van der Waals surface area contributed by atoms with Gasteiger partial charge in [-0.15, -0.1) is 0 Å².